The van der Waals surface area contributed by atoms with Crippen LogP contribution in [-0.2, 0) is 19.1 Å². The van der Waals surface area contributed by atoms with Crippen LogP contribution in [0.4, 0.5) is 0 Å². The molecule has 2 amide bonds. The largest absolute Gasteiger partial charge is 0.394 e. The van der Waals surface area contributed by atoms with E-state index in [2.05, 4.69) is 36.6 Å². The maximum atomic E-state index is 11.7. The van der Waals surface area contributed by atoms with Gasteiger partial charge in [0.25, 0.3) is 0 Å². The number of amides is 2. The lowest BCUT2D eigenvalue weighted by Gasteiger charge is -2.06. The molecule has 0 atom stereocenters. The van der Waals surface area contributed by atoms with Gasteiger partial charge < -0.3 is 30.3 Å². The molecule has 0 spiro atoms. The van der Waals surface area contributed by atoms with E-state index < -0.39 is 0 Å². The normalized spacial score (nSPS) is 12.1. The lowest BCUT2D eigenvalue weighted by Crippen LogP contribution is -2.27. The summed E-state index contributed by atoms with van der Waals surface area (Å²) in [5.74, 6) is 0.158. The van der Waals surface area contributed by atoms with Gasteiger partial charge in [0.05, 0.1) is 39.6 Å². The first-order chi connectivity index (χ1) is 18.5. The second-order valence-corrected chi connectivity index (χ2v) is 9.88. The minimum atomic E-state index is 0.0116. The molecule has 0 rings (SSSR count). The number of rotatable bonds is 27. The van der Waals surface area contributed by atoms with Gasteiger partial charge in [-0.25, -0.2) is 0 Å². The molecule has 0 fully saturated rings. The van der Waals surface area contributed by atoms with Crippen LogP contribution in [0.5, 0.6) is 0 Å². The van der Waals surface area contributed by atoms with Crippen LogP contribution >= 0.6 is 0 Å². The number of carbonyl (C=O) groups excluding carboxylic acids is 2. The highest BCUT2D eigenvalue weighted by Gasteiger charge is 2.02. The quantitative estimate of drug-likeness (QED) is 0.0894. The highest BCUT2D eigenvalue weighted by Crippen LogP contribution is 2.14. The Morgan fingerprint density at radius 3 is 1.32 bits per heavy atom. The van der Waals surface area contributed by atoms with Crippen LogP contribution in [-0.4, -0.2) is 74.8 Å². The Labute approximate surface area is 231 Å². The van der Waals surface area contributed by atoms with Gasteiger partial charge in [0, 0.05) is 25.9 Å². The summed E-state index contributed by atoms with van der Waals surface area (Å²) in [7, 11) is 0. The molecule has 0 radical (unpaired) electrons. The van der Waals surface area contributed by atoms with Crippen LogP contribution in [0.1, 0.15) is 104 Å². The minimum absolute atomic E-state index is 0.0116. The SMILES string of the molecule is CC(=CCCC=C(C)CCCCCCC(=O)NCCOCCO)CCCCCCC(=O)NCCOCCO. The molecule has 0 aliphatic rings. The summed E-state index contributed by atoms with van der Waals surface area (Å²) < 4.78 is 10.2. The summed E-state index contributed by atoms with van der Waals surface area (Å²) in [5, 5.41) is 22.9. The van der Waals surface area contributed by atoms with E-state index in [-0.39, 0.29) is 25.0 Å². The number of nitrogens with one attached hydrogen (secondary N) is 2. The van der Waals surface area contributed by atoms with Gasteiger partial charge >= 0.3 is 0 Å². The summed E-state index contributed by atoms with van der Waals surface area (Å²) in [6.45, 7) is 6.99. The number of aliphatic hydroxyl groups excluding tert-OH is 2. The molecule has 0 bridgehead atoms. The summed E-state index contributed by atoms with van der Waals surface area (Å²) in [6, 6.07) is 0. The Bertz CT molecular complexity index is 582. The summed E-state index contributed by atoms with van der Waals surface area (Å²) in [4.78, 5) is 23.5. The topological polar surface area (TPSA) is 117 Å². The molecule has 0 aliphatic heterocycles. The van der Waals surface area contributed by atoms with Crippen molar-refractivity contribution in [1.82, 2.24) is 10.6 Å². The lowest BCUT2D eigenvalue weighted by atomic mass is 10.0. The number of hydrogen-bond acceptors (Lipinski definition) is 6. The highest BCUT2D eigenvalue weighted by atomic mass is 16.5. The van der Waals surface area contributed by atoms with E-state index in [1.165, 1.54) is 24.0 Å². The zero-order chi connectivity index (χ0) is 28.1. The molecule has 0 aliphatic carbocycles. The number of carbonyl (C=O) groups is 2. The monoisotopic (exact) mass is 540 g/mol. The smallest absolute Gasteiger partial charge is 0.220 e. The fraction of sp³-hybridized carbons (Fsp3) is 0.800. The van der Waals surface area contributed by atoms with E-state index in [1.807, 2.05) is 0 Å². The summed E-state index contributed by atoms with van der Waals surface area (Å²) in [6.07, 6.45) is 19.0. The Kier molecular flexibility index (Phi) is 27.0. The molecule has 0 aromatic carbocycles. The molecular formula is C30H56N2O6. The Morgan fingerprint density at radius 2 is 0.947 bits per heavy atom. The number of unbranched alkanes of at least 4 members (excludes halogenated alkanes) is 7. The van der Waals surface area contributed by atoms with Crippen LogP contribution in [0.3, 0.4) is 0 Å². The first kappa shape index (κ1) is 36.3. The Balaban J connectivity index is 3.60. The van der Waals surface area contributed by atoms with Gasteiger partial charge in [0.15, 0.2) is 0 Å². The average molecular weight is 541 g/mol. The zero-order valence-corrected chi connectivity index (χ0v) is 24.2. The van der Waals surface area contributed by atoms with Gasteiger partial charge in [-0.05, 0) is 65.2 Å². The molecule has 38 heavy (non-hydrogen) atoms. The predicted octanol–water partition coefficient (Wildman–Crippen LogP) is 4.59. The number of ether oxygens (including phenoxy) is 2. The van der Waals surface area contributed by atoms with Crippen LogP contribution in [0.25, 0.3) is 0 Å². The first-order valence-electron chi connectivity index (χ1n) is 14.7. The van der Waals surface area contributed by atoms with Crippen molar-refractivity contribution in [3.63, 3.8) is 0 Å². The molecule has 222 valence electrons. The van der Waals surface area contributed by atoms with E-state index in [1.54, 1.807) is 0 Å². The Hall–Kier alpha value is -1.74. The third-order valence-corrected chi connectivity index (χ3v) is 6.21. The molecule has 0 heterocycles. The van der Waals surface area contributed by atoms with Crippen LogP contribution < -0.4 is 10.6 Å². The molecule has 0 unspecified atom stereocenters. The van der Waals surface area contributed by atoms with Crippen molar-refractivity contribution in [2.45, 2.75) is 104 Å². The third kappa shape index (κ3) is 27.3. The standard InChI is InChI=1S/C30H56N2O6/c1-27(13-7-3-5-9-17-29(35)31-19-23-37-25-21-33)15-11-12-16-28(2)14-8-4-6-10-18-30(36)32-20-24-38-26-22-34/h15-16,33-34H,3-14,17-26H2,1-2H3,(H,31,35)(H,32,36). The molecule has 0 aromatic rings. The fourth-order valence-corrected chi connectivity index (χ4v) is 3.98. The molecule has 4 N–H and O–H groups in total. The zero-order valence-electron chi connectivity index (χ0n) is 24.2. The van der Waals surface area contributed by atoms with Crippen molar-refractivity contribution in [2.75, 3.05) is 52.7 Å². The Morgan fingerprint density at radius 1 is 0.579 bits per heavy atom. The second kappa shape index (κ2) is 28.3. The minimum Gasteiger partial charge on any atom is -0.394 e. The van der Waals surface area contributed by atoms with Gasteiger partial charge in [0.2, 0.25) is 11.8 Å². The molecule has 8 heteroatoms. The number of hydrogen-bond donors (Lipinski definition) is 4. The van der Waals surface area contributed by atoms with Gasteiger partial charge in [-0.2, -0.15) is 0 Å². The van der Waals surface area contributed by atoms with E-state index in [0.717, 1.165) is 64.2 Å². The maximum absolute atomic E-state index is 11.7. The van der Waals surface area contributed by atoms with Crippen LogP contribution in [0.2, 0.25) is 0 Å². The van der Waals surface area contributed by atoms with E-state index in [9.17, 15) is 9.59 Å². The average Bonchev–Trinajstić information content (AvgIpc) is 2.90. The van der Waals surface area contributed by atoms with Gasteiger partial charge in [0.1, 0.15) is 0 Å². The lowest BCUT2D eigenvalue weighted by molar-refractivity contribution is -0.122. The summed E-state index contributed by atoms with van der Waals surface area (Å²) in [5.41, 5.74) is 2.91. The van der Waals surface area contributed by atoms with Crippen molar-refractivity contribution in [3.8, 4) is 0 Å². The van der Waals surface area contributed by atoms with Gasteiger partial charge in [-0.1, -0.05) is 49.0 Å². The second-order valence-electron chi connectivity index (χ2n) is 9.88. The van der Waals surface area contributed by atoms with Gasteiger partial charge in [-0.15, -0.1) is 0 Å². The number of allylic oxidation sites excluding steroid dienone is 4. The molecular weight excluding hydrogens is 484 g/mol. The summed E-state index contributed by atoms with van der Waals surface area (Å²) >= 11 is 0. The molecule has 0 saturated heterocycles. The van der Waals surface area contributed by atoms with Gasteiger partial charge in [-0.3, -0.25) is 9.59 Å². The van der Waals surface area contributed by atoms with Crippen molar-refractivity contribution >= 4 is 11.8 Å². The maximum Gasteiger partial charge on any atom is 0.220 e. The fourth-order valence-electron chi connectivity index (χ4n) is 3.98. The predicted molar refractivity (Wildman–Crippen MR) is 154 cm³/mol. The molecule has 0 saturated carbocycles. The van der Waals surface area contributed by atoms with Crippen molar-refractivity contribution in [2.24, 2.45) is 0 Å². The van der Waals surface area contributed by atoms with Crippen LogP contribution in [0.15, 0.2) is 23.3 Å². The molecule has 0 aromatic heterocycles. The first-order valence-corrected chi connectivity index (χ1v) is 14.7. The van der Waals surface area contributed by atoms with Crippen molar-refractivity contribution in [3.05, 3.63) is 23.3 Å². The van der Waals surface area contributed by atoms with Crippen LogP contribution in [0, 0.1) is 0 Å². The highest BCUT2D eigenvalue weighted by molar-refractivity contribution is 5.76. The van der Waals surface area contributed by atoms with E-state index in [4.69, 9.17) is 19.7 Å². The van der Waals surface area contributed by atoms with Crippen molar-refractivity contribution in [1.29, 1.82) is 0 Å². The molecule has 8 nitrogen and oxygen atoms in total. The van der Waals surface area contributed by atoms with Crippen molar-refractivity contribution < 1.29 is 29.3 Å². The van der Waals surface area contributed by atoms with E-state index in [0.29, 0.717) is 52.4 Å². The third-order valence-electron chi connectivity index (χ3n) is 6.21. The van der Waals surface area contributed by atoms with E-state index >= 15 is 0 Å². The number of aliphatic hydroxyl groups is 2.